The number of amidine groups is 1. The molecule has 25 heavy (non-hydrogen) atoms. The maximum atomic E-state index is 12.4. The third kappa shape index (κ3) is 4.11. The van der Waals surface area contributed by atoms with Crippen LogP contribution in [0.2, 0.25) is 10.0 Å². The third-order valence-corrected chi connectivity index (χ3v) is 5.65. The van der Waals surface area contributed by atoms with Gasteiger partial charge in [-0.3, -0.25) is 9.79 Å². The van der Waals surface area contributed by atoms with Crippen molar-refractivity contribution >= 4 is 51.7 Å². The van der Waals surface area contributed by atoms with Gasteiger partial charge in [0.15, 0.2) is 5.17 Å². The highest BCUT2D eigenvalue weighted by Crippen LogP contribution is 2.36. The molecule has 0 fully saturated rings. The maximum absolute atomic E-state index is 12.4. The Morgan fingerprint density at radius 3 is 2.76 bits per heavy atom. The first-order chi connectivity index (χ1) is 11.9. The van der Waals surface area contributed by atoms with Crippen molar-refractivity contribution in [2.45, 2.75) is 18.9 Å². The Kier molecular flexibility index (Phi) is 5.27. The van der Waals surface area contributed by atoms with Crippen LogP contribution in [0.1, 0.15) is 29.3 Å². The average Bonchev–Trinajstić information content (AvgIpc) is 2.57. The van der Waals surface area contributed by atoms with Crippen LogP contribution >= 0.6 is 35.0 Å². The first-order valence-corrected chi connectivity index (χ1v) is 9.47. The number of nitrogens with two attached hydrogens (primary N) is 1. The van der Waals surface area contributed by atoms with Crippen LogP contribution < -0.4 is 11.1 Å². The predicted molar refractivity (Wildman–Crippen MR) is 107 cm³/mol. The van der Waals surface area contributed by atoms with Gasteiger partial charge in [-0.2, -0.15) is 0 Å². The number of hydrogen-bond acceptors (Lipinski definition) is 4. The Labute approximate surface area is 160 Å². The summed E-state index contributed by atoms with van der Waals surface area (Å²) in [6.07, 6.45) is 0.891. The van der Waals surface area contributed by atoms with Crippen molar-refractivity contribution in [2.75, 3.05) is 11.1 Å². The molecule has 0 radical (unpaired) electrons. The van der Waals surface area contributed by atoms with Gasteiger partial charge in [0.25, 0.3) is 5.91 Å². The van der Waals surface area contributed by atoms with Crippen molar-refractivity contribution in [1.82, 2.24) is 0 Å². The van der Waals surface area contributed by atoms with Crippen LogP contribution in [0.5, 0.6) is 0 Å². The molecule has 0 aliphatic carbocycles. The first-order valence-electron chi connectivity index (χ1n) is 7.72. The molecule has 2 aromatic carbocycles. The minimum Gasteiger partial charge on any atom is -0.379 e. The summed E-state index contributed by atoms with van der Waals surface area (Å²) < 4.78 is 0. The van der Waals surface area contributed by atoms with E-state index in [1.807, 2.05) is 24.3 Å². The van der Waals surface area contributed by atoms with Crippen LogP contribution in [0.4, 0.5) is 5.69 Å². The molecule has 0 aromatic heterocycles. The quantitative estimate of drug-likeness (QED) is 0.777. The lowest BCUT2D eigenvalue weighted by Crippen LogP contribution is -2.28. The molecule has 1 heterocycles. The summed E-state index contributed by atoms with van der Waals surface area (Å²) in [5, 5.41) is 4.25. The number of aliphatic imine (C=N–C) groups is 1. The van der Waals surface area contributed by atoms with E-state index in [1.54, 1.807) is 30.0 Å². The maximum Gasteiger partial charge on any atom is 0.255 e. The molecule has 0 bridgehead atoms. The predicted octanol–water partition coefficient (Wildman–Crippen LogP) is 4.91. The largest absolute Gasteiger partial charge is 0.379 e. The Morgan fingerprint density at radius 1 is 1.24 bits per heavy atom. The highest BCUT2D eigenvalue weighted by Gasteiger charge is 2.29. The summed E-state index contributed by atoms with van der Waals surface area (Å²) in [6, 6.07) is 12.5. The van der Waals surface area contributed by atoms with E-state index in [0.717, 1.165) is 17.7 Å². The smallest absolute Gasteiger partial charge is 0.255 e. The standard InChI is InChI=1S/C18H17Cl2N3OS/c1-18(7-8-25-17(21)23-18)12-3-2-4-13(10-12)22-16(24)11-5-6-14(19)15(20)9-11/h2-6,9-10H,7-8H2,1H3,(H2,21,23)(H,22,24). The summed E-state index contributed by atoms with van der Waals surface area (Å²) in [6.45, 7) is 2.06. The molecule has 3 rings (SSSR count). The summed E-state index contributed by atoms with van der Waals surface area (Å²) in [4.78, 5) is 17.0. The van der Waals surface area contributed by atoms with E-state index in [0.29, 0.717) is 26.5 Å². The number of carbonyl (C=O) groups is 1. The van der Waals surface area contributed by atoms with Gasteiger partial charge in [-0.25, -0.2) is 0 Å². The van der Waals surface area contributed by atoms with Crippen LogP contribution in [0, 0.1) is 0 Å². The number of nitrogens with one attached hydrogen (secondary N) is 1. The van der Waals surface area contributed by atoms with Crippen molar-refractivity contribution in [3.8, 4) is 0 Å². The van der Waals surface area contributed by atoms with E-state index in [-0.39, 0.29) is 11.4 Å². The van der Waals surface area contributed by atoms with Gasteiger partial charge in [0, 0.05) is 17.0 Å². The van der Waals surface area contributed by atoms with E-state index < -0.39 is 0 Å². The van der Waals surface area contributed by atoms with E-state index >= 15 is 0 Å². The fourth-order valence-corrected chi connectivity index (χ4v) is 3.94. The Balaban J connectivity index is 1.83. The molecule has 1 unspecified atom stereocenters. The summed E-state index contributed by atoms with van der Waals surface area (Å²) >= 11 is 13.4. The van der Waals surface area contributed by atoms with Crippen LogP contribution in [0.25, 0.3) is 0 Å². The normalized spacial score (nSPS) is 20.0. The highest BCUT2D eigenvalue weighted by atomic mass is 35.5. The van der Waals surface area contributed by atoms with Gasteiger partial charge in [0.1, 0.15) is 0 Å². The number of hydrogen-bond donors (Lipinski definition) is 2. The number of anilines is 1. The topological polar surface area (TPSA) is 67.5 Å². The second-order valence-corrected chi connectivity index (χ2v) is 7.92. The molecule has 7 heteroatoms. The van der Waals surface area contributed by atoms with Crippen molar-refractivity contribution in [3.63, 3.8) is 0 Å². The van der Waals surface area contributed by atoms with Crippen molar-refractivity contribution in [1.29, 1.82) is 0 Å². The number of nitrogens with zero attached hydrogens (tertiary/aromatic N) is 1. The molecule has 1 atom stereocenters. The molecular weight excluding hydrogens is 377 g/mol. The zero-order valence-electron chi connectivity index (χ0n) is 13.6. The average molecular weight is 394 g/mol. The number of benzene rings is 2. The van der Waals surface area contributed by atoms with E-state index in [4.69, 9.17) is 28.9 Å². The minimum absolute atomic E-state index is 0.247. The van der Waals surface area contributed by atoms with Crippen molar-refractivity contribution in [3.05, 3.63) is 63.6 Å². The third-order valence-electron chi connectivity index (χ3n) is 4.12. The van der Waals surface area contributed by atoms with Gasteiger partial charge in [-0.05, 0) is 49.2 Å². The summed E-state index contributed by atoms with van der Waals surface area (Å²) in [5.74, 6) is 0.675. The van der Waals surface area contributed by atoms with Gasteiger partial charge >= 0.3 is 0 Å². The molecule has 1 aliphatic rings. The molecule has 1 aliphatic heterocycles. The summed E-state index contributed by atoms with van der Waals surface area (Å²) in [7, 11) is 0. The molecule has 0 saturated carbocycles. The molecule has 0 saturated heterocycles. The van der Waals surface area contributed by atoms with E-state index in [1.165, 1.54) is 0 Å². The van der Waals surface area contributed by atoms with Crippen molar-refractivity contribution < 1.29 is 4.79 Å². The monoisotopic (exact) mass is 393 g/mol. The van der Waals surface area contributed by atoms with E-state index in [2.05, 4.69) is 17.2 Å². The van der Waals surface area contributed by atoms with Gasteiger partial charge in [-0.1, -0.05) is 47.1 Å². The van der Waals surface area contributed by atoms with Crippen LogP contribution in [-0.4, -0.2) is 16.8 Å². The SMILES string of the molecule is CC1(c2cccc(NC(=O)c3ccc(Cl)c(Cl)c3)c2)CCSC(N)=N1. The summed E-state index contributed by atoms with van der Waals surface area (Å²) in [5.41, 5.74) is 7.67. The molecule has 2 aromatic rings. The van der Waals surface area contributed by atoms with Gasteiger partial charge in [0.2, 0.25) is 0 Å². The molecule has 0 spiro atoms. The van der Waals surface area contributed by atoms with Crippen LogP contribution in [-0.2, 0) is 5.54 Å². The minimum atomic E-state index is -0.375. The van der Waals surface area contributed by atoms with Crippen LogP contribution in [0.3, 0.4) is 0 Å². The molecule has 130 valence electrons. The number of amides is 1. The first kappa shape index (κ1) is 18.1. The zero-order valence-corrected chi connectivity index (χ0v) is 15.9. The Bertz CT molecular complexity index is 856. The lowest BCUT2D eigenvalue weighted by Gasteiger charge is -2.30. The van der Waals surface area contributed by atoms with Gasteiger partial charge < -0.3 is 11.1 Å². The Morgan fingerprint density at radius 2 is 2.04 bits per heavy atom. The number of rotatable bonds is 3. The Hall–Kier alpha value is -1.69. The fraction of sp³-hybridized carbons (Fsp3) is 0.222. The number of thioether (sulfide) groups is 1. The zero-order chi connectivity index (χ0) is 18.0. The van der Waals surface area contributed by atoms with Gasteiger partial charge in [-0.15, -0.1) is 0 Å². The molecule has 1 amide bonds. The van der Waals surface area contributed by atoms with Gasteiger partial charge in [0.05, 0.1) is 15.6 Å². The van der Waals surface area contributed by atoms with E-state index in [9.17, 15) is 4.79 Å². The lowest BCUT2D eigenvalue weighted by molar-refractivity contribution is 0.102. The number of halogens is 2. The highest BCUT2D eigenvalue weighted by molar-refractivity contribution is 8.13. The number of carbonyl (C=O) groups excluding carboxylic acids is 1. The fourth-order valence-electron chi connectivity index (χ4n) is 2.67. The lowest BCUT2D eigenvalue weighted by atomic mass is 9.89. The molecular formula is C18H17Cl2N3OS. The second-order valence-electron chi connectivity index (χ2n) is 5.99. The molecule has 3 N–H and O–H groups in total. The second kappa shape index (κ2) is 7.28. The molecule has 4 nitrogen and oxygen atoms in total. The van der Waals surface area contributed by atoms with Crippen molar-refractivity contribution in [2.24, 2.45) is 10.7 Å². The van der Waals surface area contributed by atoms with Crippen LogP contribution in [0.15, 0.2) is 47.5 Å².